The number of nitrogens with zero attached hydrogens (tertiary/aromatic N) is 2. The van der Waals surface area contributed by atoms with Gasteiger partial charge in [-0.2, -0.15) is 0 Å². The Morgan fingerprint density at radius 3 is 3.13 bits per heavy atom. The quantitative estimate of drug-likeness (QED) is 0.806. The van der Waals surface area contributed by atoms with Gasteiger partial charge >= 0.3 is 0 Å². The Labute approximate surface area is 91.3 Å². The SMILES string of the molecule is CCC1CCCCN1c1ccncc1N. The topological polar surface area (TPSA) is 42.2 Å². The zero-order valence-corrected chi connectivity index (χ0v) is 9.32. The molecule has 2 N–H and O–H groups in total. The molecule has 3 nitrogen and oxygen atoms in total. The fourth-order valence-corrected chi connectivity index (χ4v) is 2.40. The molecule has 1 aliphatic heterocycles. The summed E-state index contributed by atoms with van der Waals surface area (Å²) in [5, 5.41) is 0. The molecule has 15 heavy (non-hydrogen) atoms. The fraction of sp³-hybridized carbons (Fsp3) is 0.583. The average Bonchev–Trinajstić information content (AvgIpc) is 2.30. The van der Waals surface area contributed by atoms with E-state index in [0.717, 1.165) is 17.9 Å². The van der Waals surface area contributed by atoms with Crippen LogP contribution in [0.3, 0.4) is 0 Å². The van der Waals surface area contributed by atoms with Crippen LogP contribution < -0.4 is 10.6 Å². The first kappa shape index (κ1) is 10.3. The predicted molar refractivity (Wildman–Crippen MR) is 63.9 cm³/mol. The summed E-state index contributed by atoms with van der Waals surface area (Å²) in [6.07, 6.45) is 8.68. The van der Waals surface area contributed by atoms with Gasteiger partial charge in [0.2, 0.25) is 0 Å². The van der Waals surface area contributed by atoms with Crippen LogP contribution in [0.1, 0.15) is 32.6 Å². The van der Waals surface area contributed by atoms with Crippen molar-refractivity contribution in [3.05, 3.63) is 18.5 Å². The molecule has 0 amide bonds. The maximum absolute atomic E-state index is 5.96. The third-order valence-electron chi connectivity index (χ3n) is 3.24. The Kier molecular flexibility index (Phi) is 3.09. The van der Waals surface area contributed by atoms with E-state index in [4.69, 9.17) is 5.73 Å². The van der Waals surface area contributed by atoms with Crippen LogP contribution in [-0.2, 0) is 0 Å². The number of hydrogen-bond donors (Lipinski definition) is 1. The highest BCUT2D eigenvalue weighted by Gasteiger charge is 2.22. The molecular formula is C12H19N3. The Bertz CT molecular complexity index is 324. The highest BCUT2D eigenvalue weighted by atomic mass is 15.2. The third kappa shape index (κ3) is 2.06. The molecule has 0 bridgehead atoms. The summed E-state index contributed by atoms with van der Waals surface area (Å²) < 4.78 is 0. The molecule has 82 valence electrons. The van der Waals surface area contributed by atoms with Crippen molar-refractivity contribution in [1.29, 1.82) is 0 Å². The van der Waals surface area contributed by atoms with E-state index in [9.17, 15) is 0 Å². The van der Waals surface area contributed by atoms with Gasteiger partial charge < -0.3 is 10.6 Å². The number of piperidine rings is 1. The first-order valence-electron chi connectivity index (χ1n) is 5.79. The number of nitrogens with two attached hydrogens (primary N) is 1. The molecule has 1 unspecified atom stereocenters. The van der Waals surface area contributed by atoms with Crippen LogP contribution in [0.5, 0.6) is 0 Å². The molecule has 2 heterocycles. The second-order valence-electron chi connectivity index (χ2n) is 4.19. The lowest BCUT2D eigenvalue weighted by molar-refractivity contribution is 0.450. The van der Waals surface area contributed by atoms with E-state index < -0.39 is 0 Å². The molecule has 3 heteroatoms. The number of anilines is 2. The van der Waals surface area contributed by atoms with Gasteiger partial charge in [-0.1, -0.05) is 6.92 Å². The number of hydrogen-bond acceptors (Lipinski definition) is 3. The maximum atomic E-state index is 5.96. The summed E-state index contributed by atoms with van der Waals surface area (Å²) >= 11 is 0. The van der Waals surface area contributed by atoms with Crippen LogP contribution in [0.2, 0.25) is 0 Å². The fourth-order valence-electron chi connectivity index (χ4n) is 2.40. The van der Waals surface area contributed by atoms with Gasteiger partial charge in [-0.25, -0.2) is 0 Å². The summed E-state index contributed by atoms with van der Waals surface area (Å²) in [7, 11) is 0. The molecular weight excluding hydrogens is 186 g/mol. The molecule has 0 saturated carbocycles. The average molecular weight is 205 g/mol. The van der Waals surface area contributed by atoms with Gasteiger partial charge in [0.15, 0.2) is 0 Å². The highest BCUT2D eigenvalue weighted by Crippen LogP contribution is 2.29. The van der Waals surface area contributed by atoms with Crippen molar-refractivity contribution in [3.63, 3.8) is 0 Å². The summed E-state index contributed by atoms with van der Waals surface area (Å²) in [6.45, 7) is 3.38. The van der Waals surface area contributed by atoms with E-state index >= 15 is 0 Å². The summed E-state index contributed by atoms with van der Waals surface area (Å²) in [5.74, 6) is 0. The van der Waals surface area contributed by atoms with Crippen molar-refractivity contribution in [1.82, 2.24) is 4.98 Å². The van der Waals surface area contributed by atoms with Gasteiger partial charge in [0.1, 0.15) is 0 Å². The minimum absolute atomic E-state index is 0.656. The van der Waals surface area contributed by atoms with Crippen LogP contribution in [0.15, 0.2) is 18.5 Å². The second-order valence-corrected chi connectivity index (χ2v) is 4.19. The van der Waals surface area contributed by atoms with Crippen LogP contribution >= 0.6 is 0 Å². The first-order chi connectivity index (χ1) is 7.33. The minimum atomic E-state index is 0.656. The number of nitrogen functional groups attached to an aromatic ring is 1. The lowest BCUT2D eigenvalue weighted by Crippen LogP contribution is -2.39. The molecule has 1 aliphatic rings. The minimum Gasteiger partial charge on any atom is -0.396 e. The number of pyridine rings is 1. The van der Waals surface area contributed by atoms with E-state index in [1.165, 1.54) is 25.7 Å². The van der Waals surface area contributed by atoms with Gasteiger partial charge in [0.05, 0.1) is 17.6 Å². The predicted octanol–water partition coefficient (Wildman–Crippen LogP) is 2.43. The Morgan fingerprint density at radius 2 is 2.40 bits per heavy atom. The monoisotopic (exact) mass is 205 g/mol. The zero-order valence-electron chi connectivity index (χ0n) is 9.32. The molecule has 1 aromatic rings. The molecule has 1 fully saturated rings. The van der Waals surface area contributed by atoms with Crippen molar-refractivity contribution in [2.75, 3.05) is 17.2 Å². The summed E-state index contributed by atoms with van der Waals surface area (Å²) in [5.41, 5.74) is 7.93. The Balaban J connectivity index is 2.24. The first-order valence-corrected chi connectivity index (χ1v) is 5.79. The van der Waals surface area contributed by atoms with E-state index in [-0.39, 0.29) is 0 Å². The van der Waals surface area contributed by atoms with Crippen molar-refractivity contribution < 1.29 is 0 Å². The summed E-state index contributed by atoms with van der Waals surface area (Å²) in [6, 6.07) is 2.69. The number of aromatic nitrogens is 1. The normalized spacial score (nSPS) is 21.7. The smallest absolute Gasteiger partial charge is 0.0738 e. The molecule has 1 aromatic heterocycles. The molecule has 1 saturated heterocycles. The lowest BCUT2D eigenvalue weighted by atomic mass is 9.99. The van der Waals surface area contributed by atoms with Gasteiger partial charge in [0.25, 0.3) is 0 Å². The van der Waals surface area contributed by atoms with Crippen molar-refractivity contribution in [2.45, 2.75) is 38.6 Å². The van der Waals surface area contributed by atoms with E-state index in [1.807, 2.05) is 12.3 Å². The van der Waals surface area contributed by atoms with Gasteiger partial charge in [-0.15, -0.1) is 0 Å². The molecule has 0 spiro atoms. The molecule has 1 atom stereocenters. The summed E-state index contributed by atoms with van der Waals surface area (Å²) in [4.78, 5) is 6.48. The maximum Gasteiger partial charge on any atom is 0.0738 e. The van der Waals surface area contributed by atoms with E-state index in [0.29, 0.717) is 6.04 Å². The van der Waals surface area contributed by atoms with E-state index in [1.54, 1.807) is 6.20 Å². The highest BCUT2D eigenvalue weighted by molar-refractivity contribution is 5.66. The van der Waals surface area contributed by atoms with Gasteiger partial charge in [-0.3, -0.25) is 4.98 Å². The standard InChI is InChI=1S/C12H19N3/c1-2-10-5-3-4-8-15(10)12-6-7-14-9-11(12)13/h6-7,9-10H,2-5,8,13H2,1H3. The van der Waals surface area contributed by atoms with E-state index in [2.05, 4.69) is 16.8 Å². The zero-order chi connectivity index (χ0) is 10.7. The Hall–Kier alpha value is -1.25. The lowest BCUT2D eigenvalue weighted by Gasteiger charge is -2.37. The van der Waals surface area contributed by atoms with Crippen LogP contribution in [0.4, 0.5) is 11.4 Å². The second kappa shape index (κ2) is 4.51. The van der Waals surface area contributed by atoms with Crippen molar-refractivity contribution >= 4 is 11.4 Å². The van der Waals surface area contributed by atoms with Gasteiger partial charge in [-0.05, 0) is 31.7 Å². The number of rotatable bonds is 2. The van der Waals surface area contributed by atoms with Crippen LogP contribution in [-0.4, -0.2) is 17.6 Å². The Morgan fingerprint density at radius 1 is 1.53 bits per heavy atom. The molecule has 0 radical (unpaired) electrons. The van der Waals surface area contributed by atoms with Crippen molar-refractivity contribution in [3.8, 4) is 0 Å². The van der Waals surface area contributed by atoms with Crippen molar-refractivity contribution in [2.24, 2.45) is 0 Å². The largest absolute Gasteiger partial charge is 0.396 e. The molecule has 0 aromatic carbocycles. The third-order valence-corrected chi connectivity index (χ3v) is 3.24. The van der Waals surface area contributed by atoms with Crippen LogP contribution in [0.25, 0.3) is 0 Å². The van der Waals surface area contributed by atoms with Gasteiger partial charge in [0, 0.05) is 18.8 Å². The van der Waals surface area contributed by atoms with Crippen LogP contribution in [0, 0.1) is 0 Å². The molecule has 2 rings (SSSR count). The molecule has 0 aliphatic carbocycles.